The van der Waals surface area contributed by atoms with Crippen LogP contribution >= 0.6 is 0 Å². The summed E-state index contributed by atoms with van der Waals surface area (Å²) in [5.41, 5.74) is 2.14. The van der Waals surface area contributed by atoms with Crippen LogP contribution < -0.4 is 10.2 Å². The summed E-state index contributed by atoms with van der Waals surface area (Å²) in [6.07, 6.45) is 6.71. The van der Waals surface area contributed by atoms with Gasteiger partial charge in [0.25, 0.3) is 0 Å². The SMILES string of the molecule is O=C(O)C(CCC1=CCCCC1)Oc1cccc2c(=O)cc(-c3ccccc3)oc12. The van der Waals surface area contributed by atoms with Gasteiger partial charge in [-0.2, -0.15) is 0 Å². The van der Waals surface area contributed by atoms with Crippen LogP contribution in [0.4, 0.5) is 0 Å². The number of aliphatic carboxylic acids is 1. The fraction of sp³-hybridized carbons (Fsp3) is 0.280. The Morgan fingerprint density at radius 1 is 1.10 bits per heavy atom. The van der Waals surface area contributed by atoms with E-state index in [1.54, 1.807) is 18.2 Å². The van der Waals surface area contributed by atoms with Crippen molar-refractivity contribution in [2.75, 3.05) is 0 Å². The molecule has 0 fully saturated rings. The van der Waals surface area contributed by atoms with Crippen LogP contribution in [0, 0.1) is 0 Å². The molecule has 30 heavy (non-hydrogen) atoms. The number of carboxylic acids is 1. The second kappa shape index (κ2) is 8.99. The third kappa shape index (κ3) is 4.46. The van der Waals surface area contributed by atoms with E-state index in [1.807, 2.05) is 30.3 Å². The zero-order valence-electron chi connectivity index (χ0n) is 16.7. The van der Waals surface area contributed by atoms with Crippen molar-refractivity contribution in [3.63, 3.8) is 0 Å². The van der Waals surface area contributed by atoms with Gasteiger partial charge in [-0.25, -0.2) is 4.79 Å². The van der Waals surface area contributed by atoms with E-state index in [-0.39, 0.29) is 16.8 Å². The fourth-order valence-corrected chi connectivity index (χ4v) is 3.82. The quantitative estimate of drug-likeness (QED) is 0.521. The van der Waals surface area contributed by atoms with Crippen molar-refractivity contribution in [2.24, 2.45) is 0 Å². The van der Waals surface area contributed by atoms with E-state index in [1.165, 1.54) is 18.1 Å². The number of fused-ring (bicyclic) bond motifs is 1. The largest absolute Gasteiger partial charge is 0.479 e. The molecule has 1 heterocycles. The summed E-state index contributed by atoms with van der Waals surface area (Å²) < 4.78 is 11.9. The van der Waals surface area contributed by atoms with Crippen molar-refractivity contribution in [1.29, 1.82) is 0 Å². The Morgan fingerprint density at radius 3 is 2.67 bits per heavy atom. The molecule has 0 aliphatic heterocycles. The van der Waals surface area contributed by atoms with Gasteiger partial charge in [0.1, 0.15) is 5.76 Å². The standard InChI is InChI=1S/C25H24O5/c26-20-16-23(18-10-5-2-6-11-18)30-24-19(20)12-7-13-21(24)29-22(25(27)28)15-14-17-8-3-1-4-9-17/h2,5-8,10-13,16,22H,1,3-4,9,14-15H2,(H,27,28). The summed E-state index contributed by atoms with van der Waals surface area (Å²) in [5.74, 6) is -0.333. The Labute approximate surface area is 174 Å². The average Bonchev–Trinajstić information content (AvgIpc) is 2.78. The van der Waals surface area contributed by atoms with Crippen molar-refractivity contribution >= 4 is 16.9 Å². The number of allylic oxidation sites excluding steroid dienone is 2. The van der Waals surface area contributed by atoms with Crippen LogP contribution in [0.3, 0.4) is 0 Å². The first kappa shape index (κ1) is 20.0. The number of ether oxygens (including phenoxy) is 1. The van der Waals surface area contributed by atoms with Crippen LogP contribution in [0.5, 0.6) is 5.75 Å². The van der Waals surface area contributed by atoms with E-state index in [4.69, 9.17) is 9.15 Å². The lowest BCUT2D eigenvalue weighted by Crippen LogP contribution is -2.27. The molecule has 3 aromatic rings. The van der Waals surface area contributed by atoms with Gasteiger partial charge in [-0.3, -0.25) is 4.79 Å². The van der Waals surface area contributed by atoms with E-state index in [9.17, 15) is 14.7 Å². The van der Waals surface area contributed by atoms with Gasteiger partial charge >= 0.3 is 5.97 Å². The summed E-state index contributed by atoms with van der Waals surface area (Å²) in [5, 5.41) is 10.1. The molecule has 2 aromatic carbocycles. The number of para-hydroxylation sites is 1. The van der Waals surface area contributed by atoms with Gasteiger partial charge < -0.3 is 14.3 Å². The molecule has 5 heteroatoms. The zero-order chi connectivity index (χ0) is 20.9. The molecule has 5 nitrogen and oxygen atoms in total. The summed E-state index contributed by atoms with van der Waals surface area (Å²) in [6.45, 7) is 0. The van der Waals surface area contributed by atoms with Crippen molar-refractivity contribution < 1.29 is 19.1 Å². The summed E-state index contributed by atoms with van der Waals surface area (Å²) >= 11 is 0. The first-order valence-electron chi connectivity index (χ1n) is 10.3. The molecule has 0 spiro atoms. The number of rotatable bonds is 7. The maximum Gasteiger partial charge on any atom is 0.344 e. The van der Waals surface area contributed by atoms with Gasteiger partial charge in [0.05, 0.1) is 5.39 Å². The van der Waals surface area contributed by atoms with Crippen molar-refractivity contribution in [1.82, 2.24) is 0 Å². The molecular weight excluding hydrogens is 380 g/mol. The highest BCUT2D eigenvalue weighted by molar-refractivity contribution is 5.84. The minimum atomic E-state index is -1.02. The first-order valence-corrected chi connectivity index (χ1v) is 10.3. The van der Waals surface area contributed by atoms with Crippen molar-refractivity contribution in [3.8, 4) is 17.1 Å². The lowest BCUT2D eigenvalue weighted by molar-refractivity contribution is -0.145. The topological polar surface area (TPSA) is 76.7 Å². The monoisotopic (exact) mass is 404 g/mol. The number of carboxylic acid groups (broad SMARTS) is 1. The summed E-state index contributed by atoms with van der Waals surface area (Å²) in [4.78, 5) is 24.5. The Kier molecular flexibility index (Phi) is 5.98. The second-order valence-corrected chi connectivity index (χ2v) is 7.57. The number of benzene rings is 2. The number of carbonyl (C=O) groups is 1. The molecule has 1 aliphatic rings. The molecule has 154 valence electrons. The Hall–Kier alpha value is -3.34. The van der Waals surface area contributed by atoms with Crippen LogP contribution in [0.15, 0.2) is 75.5 Å². The van der Waals surface area contributed by atoms with Crippen molar-refractivity contribution in [2.45, 2.75) is 44.6 Å². The van der Waals surface area contributed by atoms with Gasteiger partial charge in [0, 0.05) is 11.6 Å². The smallest absolute Gasteiger partial charge is 0.344 e. The highest BCUT2D eigenvalue weighted by Crippen LogP contribution is 2.30. The molecular formula is C25H24O5. The number of hydrogen-bond acceptors (Lipinski definition) is 4. The van der Waals surface area contributed by atoms with Gasteiger partial charge in [-0.05, 0) is 50.7 Å². The molecule has 1 aromatic heterocycles. The molecule has 0 saturated heterocycles. The third-order valence-electron chi connectivity index (χ3n) is 5.43. The maximum atomic E-state index is 12.6. The predicted molar refractivity (Wildman–Crippen MR) is 116 cm³/mol. The predicted octanol–water partition coefficient (Wildman–Crippen LogP) is 5.57. The van der Waals surface area contributed by atoms with Gasteiger partial charge in [-0.1, -0.05) is 48.0 Å². The second-order valence-electron chi connectivity index (χ2n) is 7.57. The van der Waals surface area contributed by atoms with Crippen LogP contribution in [0.2, 0.25) is 0 Å². The van der Waals surface area contributed by atoms with Gasteiger partial charge in [0.2, 0.25) is 0 Å². The molecule has 1 unspecified atom stereocenters. The molecule has 0 bridgehead atoms. The van der Waals surface area contributed by atoms with Crippen LogP contribution in [0.1, 0.15) is 38.5 Å². The van der Waals surface area contributed by atoms with Crippen LogP contribution in [-0.4, -0.2) is 17.2 Å². The third-order valence-corrected chi connectivity index (χ3v) is 5.43. The van der Waals surface area contributed by atoms with E-state index in [0.29, 0.717) is 24.0 Å². The summed E-state index contributed by atoms with van der Waals surface area (Å²) in [6, 6.07) is 15.8. The first-order chi connectivity index (χ1) is 14.6. The van der Waals surface area contributed by atoms with E-state index in [2.05, 4.69) is 6.08 Å². The molecule has 4 rings (SSSR count). The minimum Gasteiger partial charge on any atom is -0.479 e. The average molecular weight is 404 g/mol. The maximum absolute atomic E-state index is 12.6. The molecule has 0 amide bonds. The normalized spacial score (nSPS) is 14.9. The van der Waals surface area contributed by atoms with E-state index >= 15 is 0 Å². The molecule has 1 atom stereocenters. The highest BCUT2D eigenvalue weighted by atomic mass is 16.5. The van der Waals surface area contributed by atoms with Gasteiger partial charge in [-0.15, -0.1) is 0 Å². The molecule has 1 aliphatic carbocycles. The highest BCUT2D eigenvalue weighted by Gasteiger charge is 2.22. The summed E-state index contributed by atoms with van der Waals surface area (Å²) in [7, 11) is 0. The van der Waals surface area contributed by atoms with Crippen LogP contribution in [-0.2, 0) is 4.79 Å². The van der Waals surface area contributed by atoms with Gasteiger partial charge in [0.15, 0.2) is 22.9 Å². The van der Waals surface area contributed by atoms with Crippen molar-refractivity contribution in [3.05, 3.63) is 76.5 Å². The lowest BCUT2D eigenvalue weighted by atomic mass is 9.95. The minimum absolute atomic E-state index is 0.195. The van der Waals surface area contributed by atoms with E-state index in [0.717, 1.165) is 24.8 Å². The van der Waals surface area contributed by atoms with Crippen LogP contribution in [0.25, 0.3) is 22.3 Å². The molecule has 1 N–H and O–H groups in total. The molecule has 0 saturated carbocycles. The lowest BCUT2D eigenvalue weighted by Gasteiger charge is -2.18. The Balaban J connectivity index is 1.65. The zero-order valence-corrected chi connectivity index (χ0v) is 16.7. The van der Waals surface area contributed by atoms with E-state index < -0.39 is 12.1 Å². The Bertz CT molecular complexity index is 1130. The number of hydrogen-bond donors (Lipinski definition) is 1. The molecule has 0 radical (unpaired) electrons. The fourth-order valence-electron chi connectivity index (χ4n) is 3.82. The Morgan fingerprint density at radius 2 is 1.93 bits per heavy atom.